The second-order valence-corrected chi connectivity index (χ2v) is 9.16. The van der Waals surface area contributed by atoms with E-state index >= 15 is 8.78 Å². The molecule has 3 fully saturated rings. The maximum absolute atomic E-state index is 15.0. The zero-order chi connectivity index (χ0) is 23.4. The van der Waals surface area contributed by atoms with E-state index in [-0.39, 0.29) is 43.0 Å². The third kappa shape index (κ3) is 3.51. The maximum atomic E-state index is 15.0. The van der Waals surface area contributed by atoms with Crippen molar-refractivity contribution in [2.75, 3.05) is 19.7 Å². The summed E-state index contributed by atoms with van der Waals surface area (Å²) in [6.45, 7) is 1.14. The van der Waals surface area contributed by atoms with Crippen molar-refractivity contribution < 1.29 is 32.6 Å². The molecule has 2 aromatic rings. The number of carboxylic acid groups (broad SMARTS) is 1. The van der Waals surface area contributed by atoms with Gasteiger partial charge in [-0.1, -0.05) is 24.3 Å². The lowest BCUT2D eigenvalue weighted by Crippen LogP contribution is -2.45. The number of aromatic carboxylic acids is 1. The van der Waals surface area contributed by atoms with Crippen LogP contribution in [0.1, 0.15) is 47.5 Å². The highest BCUT2D eigenvalue weighted by Gasteiger charge is 2.80. The number of carboxylic acids is 1. The van der Waals surface area contributed by atoms with Crippen LogP contribution in [0.25, 0.3) is 11.1 Å². The molecule has 1 N–H and O–H groups in total. The van der Waals surface area contributed by atoms with Crippen LogP contribution in [0.3, 0.4) is 0 Å². The van der Waals surface area contributed by atoms with Crippen LogP contribution < -0.4 is 0 Å². The van der Waals surface area contributed by atoms with E-state index in [1.807, 2.05) is 0 Å². The number of amides is 1. The first-order valence-corrected chi connectivity index (χ1v) is 11.2. The molecular formula is C25H24F3NO4. The van der Waals surface area contributed by atoms with E-state index in [2.05, 4.69) is 0 Å². The van der Waals surface area contributed by atoms with E-state index in [4.69, 9.17) is 9.84 Å². The fourth-order valence-corrected chi connectivity index (χ4v) is 5.50. The normalized spacial score (nSPS) is 25.2. The number of halogens is 3. The minimum absolute atomic E-state index is 0.0486. The molecule has 33 heavy (non-hydrogen) atoms. The van der Waals surface area contributed by atoms with Gasteiger partial charge in [-0.05, 0) is 55.0 Å². The average molecular weight is 459 g/mol. The van der Waals surface area contributed by atoms with E-state index in [9.17, 15) is 14.0 Å². The highest BCUT2D eigenvalue weighted by molar-refractivity contribution is 5.89. The van der Waals surface area contributed by atoms with Crippen LogP contribution in [0.15, 0.2) is 42.5 Å². The van der Waals surface area contributed by atoms with Gasteiger partial charge in [-0.2, -0.15) is 0 Å². The van der Waals surface area contributed by atoms with Crippen molar-refractivity contribution in [3.63, 3.8) is 0 Å². The van der Waals surface area contributed by atoms with Crippen molar-refractivity contribution in [3.05, 3.63) is 59.4 Å². The van der Waals surface area contributed by atoms with Crippen molar-refractivity contribution in [2.24, 2.45) is 5.41 Å². The SMILES string of the molecule is O=C(O)c1ccc(F)c(-c2ccc([C@@H]3C(F)(F)C34CCN(C(=O)[C@H]3CCCO3)CC4)cc2)c1. The molecular weight excluding hydrogens is 435 g/mol. The first kappa shape index (κ1) is 21.9. The molecule has 174 valence electrons. The Morgan fingerprint density at radius 3 is 2.36 bits per heavy atom. The number of hydrogen-bond acceptors (Lipinski definition) is 3. The van der Waals surface area contributed by atoms with Crippen LogP contribution in [-0.2, 0) is 9.53 Å². The fourth-order valence-electron chi connectivity index (χ4n) is 5.50. The minimum atomic E-state index is -2.87. The van der Waals surface area contributed by atoms with Crippen LogP contribution in [-0.4, -0.2) is 53.6 Å². The van der Waals surface area contributed by atoms with Crippen LogP contribution in [0.4, 0.5) is 13.2 Å². The molecule has 3 aliphatic rings. The van der Waals surface area contributed by atoms with Crippen LogP contribution in [0.5, 0.6) is 0 Å². The lowest BCUT2D eigenvalue weighted by Gasteiger charge is -2.34. The van der Waals surface area contributed by atoms with Gasteiger partial charge in [0, 0.05) is 25.3 Å². The lowest BCUT2D eigenvalue weighted by molar-refractivity contribution is -0.143. The molecule has 1 amide bonds. The number of benzene rings is 2. The molecule has 0 radical (unpaired) electrons. The number of likely N-dealkylation sites (tertiary alicyclic amines) is 1. The number of nitrogens with zero attached hydrogens (tertiary/aromatic N) is 1. The topological polar surface area (TPSA) is 66.8 Å². The highest BCUT2D eigenvalue weighted by atomic mass is 19.3. The van der Waals surface area contributed by atoms with Crippen LogP contribution in [0, 0.1) is 11.2 Å². The predicted molar refractivity (Wildman–Crippen MR) is 114 cm³/mol. The van der Waals surface area contributed by atoms with Gasteiger partial charge in [-0.3, -0.25) is 4.79 Å². The standard InChI is InChI=1S/C25H24F3NO4/c26-19-8-7-17(23(31)32)14-18(19)15-3-5-16(6-4-15)21-24(25(21,27)28)9-11-29(12-10-24)22(30)20-2-1-13-33-20/h3-8,14,20-21H,1-2,9-13H2,(H,31,32)/t20-,21+/m1/s1. The first-order valence-electron chi connectivity index (χ1n) is 11.2. The third-order valence-corrected chi connectivity index (χ3v) is 7.44. The Hall–Kier alpha value is -2.87. The van der Waals surface area contributed by atoms with Gasteiger partial charge in [0.2, 0.25) is 0 Å². The first-order chi connectivity index (χ1) is 15.7. The number of rotatable bonds is 4. The summed E-state index contributed by atoms with van der Waals surface area (Å²) in [5.74, 6) is -5.67. The zero-order valence-electron chi connectivity index (χ0n) is 17.9. The molecule has 2 heterocycles. The average Bonchev–Trinajstić information content (AvgIpc) is 3.16. The van der Waals surface area contributed by atoms with Crippen molar-refractivity contribution >= 4 is 11.9 Å². The largest absolute Gasteiger partial charge is 0.478 e. The number of carbonyl (C=O) groups excluding carboxylic acids is 1. The quantitative estimate of drug-likeness (QED) is 0.719. The second-order valence-electron chi connectivity index (χ2n) is 9.16. The number of hydrogen-bond donors (Lipinski definition) is 1. The second kappa shape index (κ2) is 7.87. The van der Waals surface area contributed by atoms with E-state index in [0.29, 0.717) is 24.2 Å². The van der Waals surface area contributed by atoms with Gasteiger partial charge >= 0.3 is 5.97 Å². The molecule has 0 aromatic heterocycles. The van der Waals surface area contributed by atoms with Gasteiger partial charge in [-0.25, -0.2) is 18.0 Å². The molecule has 2 aliphatic heterocycles. The summed E-state index contributed by atoms with van der Waals surface area (Å²) in [6.07, 6.45) is 1.53. The Morgan fingerprint density at radius 1 is 1.06 bits per heavy atom. The predicted octanol–water partition coefficient (Wildman–Crippen LogP) is 4.71. The van der Waals surface area contributed by atoms with Crippen LogP contribution in [0.2, 0.25) is 0 Å². The van der Waals surface area contributed by atoms with E-state index in [1.165, 1.54) is 12.1 Å². The van der Waals surface area contributed by atoms with E-state index < -0.39 is 35.1 Å². The number of ether oxygens (including phenoxy) is 1. The Bertz CT molecular complexity index is 1090. The van der Waals surface area contributed by atoms with Gasteiger partial charge < -0.3 is 14.7 Å². The molecule has 2 aromatic carbocycles. The van der Waals surface area contributed by atoms with Gasteiger partial charge in [0.15, 0.2) is 0 Å². The zero-order valence-corrected chi connectivity index (χ0v) is 17.9. The van der Waals surface area contributed by atoms with Gasteiger partial charge in [0.1, 0.15) is 11.9 Å². The monoisotopic (exact) mass is 459 g/mol. The number of piperidine rings is 1. The highest BCUT2D eigenvalue weighted by Crippen LogP contribution is 2.75. The minimum Gasteiger partial charge on any atom is -0.478 e. The van der Waals surface area contributed by atoms with Gasteiger partial charge in [0.05, 0.1) is 16.9 Å². The van der Waals surface area contributed by atoms with Crippen molar-refractivity contribution in [1.29, 1.82) is 0 Å². The van der Waals surface area contributed by atoms with Gasteiger partial charge in [-0.15, -0.1) is 0 Å². The Labute approximate surface area is 189 Å². The summed E-state index contributed by atoms with van der Waals surface area (Å²) < 4.78 is 49.8. The van der Waals surface area contributed by atoms with Crippen molar-refractivity contribution in [2.45, 2.75) is 43.6 Å². The maximum Gasteiger partial charge on any atom is 0.335 e. The summed E-state index contributed by atoms with van der Waals surface area (Å²) in [5, 5.41) is 9.15. The lowest BCUT2D eigenvalue weighted by atomic mass is 9.87. The number of carbonyl (C=O) groups is 2. The van der Waals surface area contributed by atoms with E-state index in [0.717, 1.165) is 12.5 Å². The Morgan fingerprint density at radius 2 is 1.76 bits per heavy atom. The molecule has 5 nitrogen and oxygen atoms in total. The molecule has 1 aliphatic carbocycles. The fraction of sp³-hybridized carbons (Fsp3) is 0.440. The summed E-state index contributed by atoms with van der Waals surface area (Å²) in [4.78, 5) is 25.4. The smallest absolute Gasteiger partial charge is 0.335 e. The molecule has 2 saturated heterocycles. The number of alkyl halides is 2. The molecule has 0 unspecified atom stereocenters. The summed E-state index contributed by atoms with van der Waals surface area (Å²) in [6, 6.07) is 9.75. The molecule has 1 saturated carbocycles. The van der Waals surface area contributed by atoms with E-state index in [1.54, 1.807) is 29.2 Å². The van der Waals surface area contributed by atoms with Crippen molar-refractivity contribution in [3.8, 4) is 11.1 Å². The Kier molecular flexibility index (Phi) is 5.23. The molecule has 5 rings (SSSR count). The molecule has 1 spiro atoms. The Balaban J connectivity index is 1.32. The summed E-state index contributed by atoms with van der Waals surface area (Å²) >= 11 is 0. The molecule has 2 atom stereocenters. The van der Waals surface area contributed by atoms with Gasteiger partial charge in [0.25, 0.3) is 11.8 Å². The summed E-state index contributed by atoms with van der Waals surface area (Å²) in [7, 11) is 0. The van der Waals surface area contributed by atoms with Crippen LogP contribution >= 0.6 is 0 Å². The third-order valence-electron chi connectivity index (χ3n) is 7.44. The van der Waals surface area contributed by atoms with Crippen molar-refractivity contribution in [1.82, 2.24) is 4.90 Å². The molecule has 0 bridgehead atoms. The summed E-state index contributed by atoms with van der Waals surface area (Å²) in [5.41, 5.74) is -0.213. The molecule has 8 heteroatoms.